The second kappa shape index (κ2) is 14.2. The van der Waals surface area contributed by atoms with Gasteiger partial charge in [0.2, 0.25) is 0 Å². The van der Waals surface area contributed by atoms with Crippen LogP contribution in [0.3, 0.4) is 0 Å². The predicted molar refractivity (Wildman–Crippen MR) is 141 cm³/mol. The molecule has 0 aliphatic carbocycles. The Kier molecular flexibility index (Phi) is 11.1. The van der Waals surface area contributed by atoms with Crippen LogP contribution in [0.2, 0.25) is 0 Å². The fourth-order valence-electron chi connectivity index (χ4n) is 3.56. The zero-order valence-corrected chi connectivity index (χ0v) is 22.3. The molecule has 0 heterocycles. The van der Waals surface area contributed by atoms with Crippen molar-refractivity contribution in [2.24, 2.45) is 10.2 Å². The van der Waals surface area contributed by atoms with E-state index in [1.807, 2.05) is 13.8 Å². The number of rotatable bonds is 12. The zero-order valence-electron chi connectivity index (χ0n) is 22.3. The normalized spacial score (nSPS) is 10.6. The second-order valence-corrected chi connectivity index (χ2v) is 8.69. The van der Waals surface area contributed by atoms with Crippen LogP contribution in [-0.2, 0) is 19.1 Å². The van der Waals surface area contributed by atoms with Gasteiger partial charge >= 0.3 is 11.9 Å². The molecule has 0 bridgehead atoms. The van der Waals surface area contributed by atoms with Crippen molar-refractivity contribution in [2.75, 3.05) is 31.2 Å². The van der Waals surface area contributed by atoms with Crippen LogP contribution in [0.1, 0.15) is 74.0 Å². The standard InChI is InChI=1S/C28H31N5O5/c1-6-27(36)21-7-8-25(26(15-21)33(9-11-37-19(4)34)10-12-38-20(5)35)31-32-28-23(16-29)13-22(18(2)3)14-24(28)17-30/h7-8,13-15,18H,6,9-12H2,1-5H3. The number of anilines is 1. The molecule has 0 saturated heterocycles. The highest BCUT2D eigenvalue weighted by atomic mass is 16.5. The van der Waals surface area contributed by atoms with Crippen molar-refractivity contribution in [1.29, 1.82) is 10.5 Å². The molecule has 0 aliphatic heterocycles. The third-order valence-corrected chi connectivity index (χ3v) is 5.59. The number of ketones is 1. The summed E-state index contributed by atoms with van der Waals surface area (Å²) in [5.74, 6) is -0.869. The molecule has 38 heavy (non-hydrogen) atoms. The van der Waals surface area contributed by atoms with Crippen molar-refractivity contribution >= 4 is 34.8 Å². The van der Waals surface area contributed by atoms with Gasteiger partial charge in [-0.25, -0.2) is 0 Å². The molecule has 2 aromatic rings. The van der Waals surface area contributed by atoms with E-state index in [9.17, 15) is 24.9 Å². The van der Waals surface area contributed by atoms with Gasteiger partial charge in [-0.05, 0) is 41.8 Å². The van der Waals surface area contributed by atoms with Crippen LogP contribution in [0.15, 0.2) is 40.6 Å². The number of nitrogens with zero attached hydrogens (tertiary/aromatic N) is 5. The van der Waals surface area contributed by atoms with Crippen LogP contribution in [0, 0.1) is 22.7 Å². The lowest BCUT2D eigenvalue weighted by atomic mass is 9.97. The quantitative estimate of drug-likeness (QED) is 0.204. The molecule has 0 aliphatic rings. The molecule has 0 fully saturated rings. The van der Waals surface area contributed by atoms with E-state index in [4.69, 9.17) is 9.47 Å². The first-order valence-corrected chi connectivity index (χ1v) is 12.2. The Balaban J connectivity index is 2.61. The van der Waals surface area contributed by atoms with E-state index in [2.05, 4.69) is 22.4 Å². The second-order valence-electron chi connectivity index (χ2n) is 8.69. The van der Waals surface area contributed by atoms with E-state index in [-0.39, 0.29) is 54.8 Å². The minimum Gasteiger partial charge on any atom is -0.464 e. The van der Waals surface area contributed by atoms with Crippen molar-refractivity contribution < 1.29 is 23.9 Å². The number of carbonyl (C=O) groups excluding carboxylic acids is 3. The smallest absolute Gasteiger partial charge is 0.302 e. The molecule has 0 amide bonds. The number of hydrogen-bond acceptors (Lipinski definition) is 10. The largest absolute Gasteiger partial charge is 0.464 e. The number of hydrogen-bond donors (Lipinski definition) is 0. The van der Waals surface area contributed by atoms with Gasteiger partial charge in [-0.15, -0.1) is 10.2 Å². The first-order valence-electron chi connectivity index (χ1n) is 12.2. The van der Waals surface area contributed by atoms with E-state index in [0.29, 0.717) is 23.4 Å². The highest BCUT2D eigenvalue weighted by Crippen LogP contribution is 2.34. The molecule has 2 rings (SSSR count). The molecule has 10 nitrogen and oxygen atoms in total. The minimum absolute atomic E-state index is 0.0474. The lowest BCUT2D eigenvalue weighted by Gasteiger charge is -2.26. The van der Waals surface area contributed by atoms with Gasteiger partial charge < -0.3 is 14.4 Å². The molecule has 2 aromatic carbocycles. The number of esters is 2. The fraction of sp³-hybridized carbons (Fsp3) is 0.393. The molecular formula is C28H31N5O5. The van der Waals surface area contributed by atoms with E-state index >= 15 is 0 Å². The summed E-state index contributed by atoms with van der Waals surface area (Å²) in [6, 6.07) is 12.5. The number of benzene rings is 2. The van der Waals surface area contributed by atoms with Gasteiger partial charge in [0.1, 0.15) is 36.7 Å². The maximum absolute atomic E-state index is 12.5. The molecule has 0 saturated carbocycles. The Bertz CT molecular complexity index is 1250. The van der Waals surface area contributed by atoms with Gasteiger partial charge in [0, 0.05) is 25.8 Å². The first kappa shape index (κ1) is 29.7. The highest BCUT2D eigenvalue weighted by molar-refractivity contribution is 5.97. The highest BCUT2D eigenvalue weighted by Gasteiger charge is 2.17. The maximum atomic E-state index is 12.5. The molecule has 0 unspecified atom stereocenters. The SMILES string of the molecule is CCC(=O)c1ccc(N=Nc2c(C#N)cc(C(C)C)cc2C#N)c(N(CCOC(C)=O)CCOC(C)=O)c1. The molecule has 0 spiro atoms. The molecule has 0 aromatic heterocycles. The summed E-state index contributed by atoms with van der Waals surface area (Å²) in [6.07, 6.45) is 0.292. The summed E-state index contributed by atoms with van der Waals surface area (Å²) in [5, 5.41) is 28.0. The van der Waals surface area contributed by atoms with Crippen LogP contribution in [-0.4, -0.2) is 44.0 Å². The number of ether oxygens (including phenoxy) is 2. The number of nitriles is 2. The van der Waals surface area contributed by atoms with E-state index in [1.54, 1.807) is 42.2 Å². The van der Waals surface area contributed by atoms with Gasteiger partial charge in [-0.3, -0.25) is 14.4 Å². The summed E-state index contributed by atoms with van der Waals surface area (Å²) in [6.45, 7) is 8.82. The number of Topliss-reactive ketones (excluding diaryl/α,β-unsaturated/α-hetero) is 1. The van der Waals surface area contributed by atoms with Gasteiger partial charge in [-0.1, -0.05) is 20.8 Å². The fourth-order valence-corrected chi connectivity index (χ4v) is 3.56. The Labute approximate surface area is 222 Å². The van der Waals surface area contributed by atoms with Crippen LogP contribution >= 0.6 is 0 Å². The van der Waals surface area contributed by atoms with Crippen LogP contribution in [0.4, 0.5) is 17.1 Å². The van der Waals surface area contributed by atoms with Crippen LogP contribution in [0.5, 0.6) is 0 Å². The molecule has 0 radical (unpaired) electrons. The van der Waals surface area contributed by atoms with Crippen molar-refractivity contribution in [3.8, 4) is 12.1 Å². The molecule has 0 atom stereocenters. The summed E-state index contributed by atoms with van der Waals surface area (Å²) < 4.78 is 10.2. The first-order chi connectivity index (χ1) is 18.1. The van der Waals surface area contributed by atoms with Gasteiger partial charge in [0.15, 0.2) is 5.78 Å². The third kappa shape index (κ3) is 8.24. The van der Waals surface area contributed by atoms with Crippen LogP contribution < -0.4 is 4.90 Å². The van der Waals surface area contributed by atoms with Gasteiger partial charge in [-0.2, -0.15) is 10.5 Å². The van der Waals surface area contributed by atoms with Gasteiger partial charge in [0.25, 0.3) is 0 Å². The van der Waals surface area contributed by atoms with Gasteiger partial charge in [0.05, 0.1) is 29.9 Å². The lowest BCUT2D eigenvalue weighted by Crippen LogP contribution is -2.32. The van der Waals surface area contributed by atoms with E-state index in [1.165, 1.54) is 13.8 Å². The van der Waals surface area contributed by atoms with Crippen molar-refractivity contribution in [1.82, 2.24) is 0 Å². The third-order valence-electron chi connectivity index (χ3n) is 5.59. The van der Waals surface area contributed by atoms with E-state index < -0.39 is 11.9 Å². The minimum atomic E-state index is -0.447. The monoisotopic (exact) mass is 517 g/mol. The molecule has 0 N–H and O–H groups in total. The Hall–Kier alpha value is -4.57. The Morgan fingerprint density at radius 2 is 1.47 bits per heavy atom. The predicted octanol–water partition coefficient (Wildman–Crippen LogP) is 5.49. The summed E-state index contributed by atoms with van der Waals surface area (Å²) in [7, 11) is 0. The van der Waals surface area contributed by atoms with Crippen molar-refractivity contribution in [3.63, 3.8) is 0 Å². The molecular weight excluding hydrogens is 486 g/mol. The summed E-state index contributed by atoms with van der Waals surface area (Å²) >= 11 is 0. The molecule has 10 heteroatoms. The van der Waals surface area contributed by atoms with Crippen LogP contribution in [0.25, 0.3) is 0 Å². The summed E-state index contributed by atoms with van der Waals surface area (Å²) in [4.78, 5) is 36.9. The maximum Gasteiger partial charge on any atom is 0.302 e. The van der Waals surface area contributed by atoms with Crippen molar-refractivity contribution in [3.05, 3.63) is 52.6 Å². The average molecular weight is 518 g/mol. The van der Waals surface area contributed by atoms with E-state index in [0.717, 1.165) is 5.56 Å². The van der Waals surface area contributed by atoms with Crippen molar-refractivity contribution in [2.45, 2.75) is 47.0 Å². The Morgan fingerprint density at radius 3 is 1.92 bits per heavy atom. The number of carbonyl (C=O) groups is 3. The zero-order chi connectivity index (χ0) is 28.2. The molecule has 198 valence electrons. The lowest BCUT2D eigenvalue weighted by molar-refractivity contribution is -0.141. The number of azo groups is 1. The Morgan fingerprint density at radius 1 is 0.921 bits per heavy atom. The topological polar surface area (TPSA) is 145 Å². The summed E-state index contributed by atoms with van der Waals surface area (Å²) in [5.41, 5.74) is 2.71. The average Bonchev–Trinajstić information content (AvgIpc) is 2.89.